The van der Waals surface area contributed by atoms with Gasteiger partial charge in [-0.3, -0.25) is 0 Å². The zero-order valence-corrected chi connectivity index (χ0v) is 9.01. The summed E-state index contributed by atoms with van der Waals surface area (Å²) in [5.41, 5.74) is 0. The Bertz CT molecular complexity index is 237. The van der Waals surface area contributed by atoms with Crippen molar-refractivity contribution in [1.82, 2.24) is 4.98 Å². The van der Waals surface area contributed by atoms with E-state index in [9.17, 15) is 0 Å². The summed E-state index contributed by atoms with van der Waals surface area (Å²) in [6, 6.07) is 6.00. The van der Waals surface area contributed by atoms with Gasteiger partial charge in [0.1, 0.15) is 11.6 Å². The van der Waals surface area contributed by atoms with E-state index in [1.165, 1.54) is 0 Å². The summed E-state index contributed by atoms with van der Waals surface area (Å²) in [5, 5.41) is 6.52. The SMILES string of the molecule is CCCNc1cccc(NCCC)n1. The average molecular weight is 193 g/mol. The van der Waals surface area contributed by atoms with E-state index in [1.54, 1.807) is 0 Å². The van der Waals surface area contributed by atoms with E-state index in [2.05, 4.69) is 29.5 Å². The second-order valence-corrected chi connectivity index (χ2v) is 3.26. The zero-order valence-electron chi connectivity index (χ0n) is 9.01. The van der Waals surface area contributed by atoms with Crippen LogP contribution in [0.5, 0.6) is 0 Å². The third-order valence-electron chi connectivity index (χ3n) is 1.86. The Morgan fingerprint density at radius 3 is 1.93 bits per heavy atom. The van der Waals surface area contributed by atoms with Crippen molar-refractivity contribution in [3.05, 3.63) is 18.2 Å². The highest BCUT2D eigenvalue weighted by molar-refractivity contribution is 5.44. The lowest BCUT2D eigenvalue weighted by Crippen LogP contribution is -2.05. The second kappa shape index (κ2) is 6.24. The zero-order chi connectivity index (χ0) is 10.2. The largest absolute Gasteiger partial charge is 0.370 e. The lowest BCUT2D eigenvalue weighted by molar-refractivity contribution is 0.956. The number of aromatic nitrogens is 1. The Morgan fingerprint density at radius 2 is 1.50 bits per heavy atom. The van der Waals surface area contributed by atoms with Crippen molar-refractivity contribution < 1.29 is 0 Å². The van der Waals surface area contributed by atoms with Crippen LogP contribution >= 0.6 is 0 Å². The van der Waals surface area contributed by atoms with E-state index in [-0.39, 0.29) is 0 Å². The first kappa shape index (κ1) is 10.8. The second-order valence-electron chi connectivity index (χ2n) is 3.26. The molecule has 0 atom stereocenters. The van der Waals surface area contributed by atoms with Crippen LogP contribution < -0.4 is 10.6 Å². The van der Waals surface area contributed by atoms with Gasteiger partial charge < -0.3 is 10.6 Å². The molecule has 3 nitrogen and oxygen atoms in total. The molecule has 0 saturated carbocycles. The Morgan fingerprint density at radius 1 is 1.00 bits per heavy atom. The fourth-order valence-electron chi connectivity index (χ4n) is 1.14. The van der Waals surface area contributed by atoms with Crippen LogP contribution in [0, 0.1) is 0 Å². The van der Waals surface area contributed by atoms with Crippen molar-refractivity contribution in [2.45, 2.75) is 26.7 Å². The van der Waals surface area contributed by atoms with Crippen molar-refractivity contribution in [3.8, 4) is 0 Å². The lowest BCUT2D eigenvalue weighted by Gasteiger charge is -2.07. The summed E-state index contributed by atoms with van der Waals surface area (Å²) in [6.45, 7) is 6.24. The Balaban J connectivity index is 2.50. The maximum Gasteiger partial charge on any atom is 0.128 e. The lowest BCUT2D eigenvalue weighted by atomic mass is 10.4. The first-order valence-electron chi connectivity index (χ1n) is 5.31. The Kier molecular flexibility index (Phi) is 4.83. The van der Waals surface area contributed by atoms with E-state index in [0.29, 0.717) is 0 Å². The molecule has 0 unspecified atom stereocenters. The van der Waals surface area contributed by atoms with Crippen LogP contribution in [-0.4, -0.2) is 18.1 Å². The van der Waals surface area contributed by atoms with Gasteiger partial charge >= 0.3 is 0 Å². The summed E-state index contributed by atoms with van der Waals surface area (Å²) < 4.78 is 0. The van der Waals surface area contributed by atoms with Crippen LogP contribution in [-0.2, 0) is 0 Å². The van der Waals surface area contributed by atoms with Crippen molar-refractivity contribution in [3.63, 3.8) is 0 Å². The highest BCUT2D eigenvalue weighted by Gasteiger charge is 1.94. The van der Waals surface area contributed by atoms with Gasteiger partial charge in [-0.15, -0.1) is 0 Å². The van der Waals surface area contributed by atoms with Crippen molar-refractivity contribution in [2.75, 3.05) is 23.7 Å². The molecule has 78 valence electrons. The molecular weight excluding hydrogens is 174 g/mol. The molecule has 0 aliphatic carbocycles. The molecule has 0 aliphatic rings. The molecule has 0 spiro atoms. The van der Waals surface area contributed by atoms with Crippen LogP contribution in [0.3, 0.4) is 0 Å². The van der Waals surface area contributed by atoms with Crippen LogP contribution in [0.15, 0.2) is 18.2 Å². The standard InChI is InChI=1S/C11H19N3/c1-3-8-12-10-6-5-7-11(14-10)13-9-4-2/h5-7H,3-4,8-9H2,1-2H3,(H2,12,13,14). The normalized spacial score (nSPS) is 9.86. The minimum Gasteiger partial charge on any atom is -0.370 e. The van der Waals surface area contributed by atoms with Gasteiger partial charge in [0.2, 0.25) is 0 Å². The number of nitrogens with one attached hydrogen (secondary N) is 2. The molecule has 0 aromatic carbocycles. The van der Waals surface area contributed by atoms with Crippen molar-refractivity contribution >= 4 is 11.6 Å². The summed E-state index contributed by atoms with van der Waals surface area (Å²) >= 11 is 0. The summed E-state index contributed by atoms with van der Waals surface area (Å²) in [7, 11) is 0. The topological polar surface area (TPSA) is 37.0 Å². The molecule has 14 heavy (non-hydrogen) atoms. The fraction of sp³-hybridized carbons (Fsp3) is 0.545. The maximum atomic E-state index is 4.43. The van der Waals surface area contributed by atoms with Gasteiger partial charge in [-0.25, -0.2) is 4.98 Å². The monoisotopic (exact) mass is 193 g/mol. The molecule has 0 fully saturated rings. The molecule has 0 saturated heterocycles. The van der Waals surface area contributed by atoms with Crippen LogP contribution in [0.2, 0.25) is 0 Å². The van der Waals surface area contributed by atoms with Gasteiger partial charge in [0.15, 0.2) is 0 Å². The molecule has 2 N–H and O–H groups in total. The Labute approximate surface area is 85.9 Å². The molecule has 1 aromatic rings. The van der Waals surface area contributed by atoms with Crippen LogP contribution in [0.25, 0.3) is 0 Å². The highest BCUT2D eigenvalue weighted by atomic mass is 15.1. The first-order valence-corrected chi connectivity index (χ1v) is 5.31. The van der Waals surface area contributed by atoms with Gasteiger partial charge in [-0.05, 0) is 25.0 Å². The molecule has 1 heterocycles. The van der Waals surface area contributed by atoms with E-state index in [0.717, 1.165) is 37.6 Å². The molecule has 0 amide bonds. The van der Waals surface area contributed by atoms with E-state index < -0.39 is 0 Å². The minimum atomic E-state index is 0.952. The van der Waals surface area contributed by atoms with Crippen LogP contribution in [0.1, 0.15) is 26.7 Å². The number of anilines is 2. The van der Waals surface area contributed by atoms with E-state index >= 15 is 0 Å². The number of rotatable bonds is 6. The fourth-order valence-corrected chi connectivity index (χ4v) is 1.14. The Hall–Kier alpha value is -1.25. The molecule has 1 aromatic heterocycles. The van der Waals surface area contributed by atoms with Gasteiger partial charge in [0.25, 0.3) is 0 Å². The van der Waals surface area contributed by atoms with E-state index in [1.807, 2.05) is 18.2 Å². The van der Waals surface area contributed by atoms with Crippen molar-refractivity contribution in [1.29, 1.82) is 0 Å². The predicted octanol–water partition coefficient (Wildman–Crippen LogP) is 2.73. The quantitative estimate of drug-likeness (QED) is 0.729. The summed E-state index contributed by atoms with van der Waals surface area (Å²) in [4.78, 5) is 4.43. The van der Waals surface area contributed by atoms with Crippen LogP contribution in [0.4, 0.5) is 11.6 Å². The van der Waals surface area contributed by atoms with E-state index in [4.69, 9.17) is 0 Å². The molecule has 0 aliphatic heterocycles. The van der Waals surface area contributed by atoms with Gasteiger partial charge in [0, 0.05) is 13.1 Å². The number of nitrogens with zero attached hydrogens (tertiary/aromatic N) is 1. The number of hydrogen-bond donors (Lipinski definition) is 2. The number of pyridine rings is 1. The highest BCUT2D eigenvalue weighted by Crippen LogP contribution is 2.08. The third kappa shape index (κ3) is 3.64. The average Bonchev–Trinajstić information content (AvgIpc) is 2.24. The minimum absolute atomic E-state index is 0.952. The third-order valence-corrected chi connectivity index (χ3v) is 1.86. The molecule has 0 bridgehead atoms. The molecule has 0 radical (unpaired) electrons. The molecular formula is C11H19N3. The molecule has 3 heteroatoms. The maximum absolute atomic E-state index is 4.43. The van der Waals surface area contributed by atoms with Crippen molar-refractivity contribution in [2.24, 2.45) is 0 Å². The summed E-state index contributed by atoms with van der Waals surface area (Å²) in [5.74, 6) is 1.90. The summed E-state index contributed by atoms with van der Waals surface area (Å²) in [6.07, 6.45) is 2.24. The first-order chi connectivity index (χ1) is 6.86. The number of hydrogen-bond acceptors (Lipinski definition) is 3. The van der Waals surface area contributed by atoms with Gasteiger partial charge in [-0.1, -0.05) is 19.9 Å². The predicted molar refractivity (Wildman–Crippen MR) is 61.8 cm³/mol. The van der Waals surface area contributed by atoms with Gasteiger partial charge in [-0.2, -0.15) is 0 Å². The van der Waals surface area contributed by atoms with Gasteiger partial charge in [0.05, 0.1) is 0 Å². The molecule has 1 rings (SSSR count). The smallest absolute Gasteiger partial charge is 0.128 e.